The monoisotopic (exact) mass is 271 g/mol. The van der Waals surface area contributed by atoms with Gasteiger partial charge in [0, 0.05) is 5.69 Å². The third kappa shape index (κ3) is 3.81. The lowest BCUT2D eigenvalue weighted by molar-refractivity contribution is -0.142. The van der Waals surface area contributed by atoms with E-state index in [9.17, 15) is 13.6 Å². The van der Waals surface area contributed by atoms with Gasteiger partial charge >= 0.3 is 12.6 Å². The standard InChI is InChI=1S/C13H15F2NO3/c1-18-12(17)11(8-2-3-8)16-9-4-6-10(7-5-9)19-13(14)15/h4-8,11,13,16H,2-3H2,1H3. The van der Waals surface area contributed by atoms with Gasteiger partial charge in [0.2, 0.25) is 0 Å². The molecule has 1 aliphatic rings. The lowest BCUT2D eigenvalue weighted by Crippen LogP contribution is -2.32. The fourth-order valence-electron chi connectivity index (χ4n) is 1.84. The molecular weight excluding hydrogens is 256 g/mol. The molecule has 0 amide bonds. The average molecular weight is 271 g/mol. The number of methoxy groups -OCH3 is 1. The average Bonchev–Trinajstić information content (AvgIpc) is 3.20. The number of rotatable bonds is 6. The Morgan fingerprint density at radius 1 is 1.32 bits per heavy atom. The molecule has 2 rings (SSSR count). The molecule has 1 unspecified atom stereocenters. The van der Waals surface area contributed by atoms with Gasteiger partial charge in [-0.1, -0.05) is 0 Å². The summed E-state index contributed by atoms with van der Waals surface area (Å²) in [7, 11) is 1.35. The molecule has 0 radical (unpaired) electrons. The van der Waals surface area contributed by atoms with Crippen LogP contribution in [0.4, 0.5) is 14.5 Å². The van der Waals surface area contributed by atoms with E-state index in [-0.39, 0.29) is 23.7 Å². The molecule has 0 bridgehead atoms. The minimum Gasteiger partial charge on any atom is -0.467 e. The molecule has 0 aromatic heterocycles. The van der Waals surface area contributed by atoms with E-state index in [4.69, 9.17) is 4.74 Å². The van der Waals surface area contributed by atoms with Crippen molar-refractivity contribution < 1.29 is 23.0 Å². The molecule has 1 saturated carbocycles. The van der Waals surface area contributed by atoms with Gasteiger partial charge in [-0.05, 0) is 43.0 Å². The van der Waals surface area contributed by atoms with Crippen molar-refractivity contribution in [3.63, 3.8) is 0 Å². The minimum absolute atomic E-state index is 0.0848. The highest BCUT2D eigenvalue weighted by Crippen LogP contribution is 2.35. The summed E-state index contributed by atoms with van der Waals surface area (Å²) in [6.45, 7) is -2.84. The molecule has 0 saturated heterocycles. The molecule has 1 aromatic carbocycles. The van der Waals surface area contributed by atoms with Crippen molar-refractivity contribution in [2.45, 2.75) is 25.5 Å². The lowest BCUT2D eigenvalue weighted by Gasteiger charge is -2.17. The van der Waals surface area contributed by atoms with Crippen LogP contribution in [0.15, 0.2) is 24.3 Å². The van der Waals surface area contributed by atoms with Crippen LogP contribution in [0.3, 0.4) is 0 Å². The number of benzene rings is 1. The fourth-order valence-corrected chi connectivity index (χ4v) is 1.84. The van der Waals surface area contributed by atoms with Crippen LogP contribution in [0.2, 0.25) is 0 Å². The predicted molar refractivity (Wildman–Crippen MR) is 65.2 cm³/mol. The summed E-state index contributed by atoms with van der Waals surface area (Å²) >= 11 is 0. The molecule has 1 atom stereocenters. The van der Waals surface area contributed by atoms with E-state index in [0.29, 0.717) is 5.69 Å². The van der Waals surface area contributed by atoms with Gasteiger partial charge < -0.3 is 14.8 Å². The maximum atomic E-state index is 12.0. The third-order valence-corrected chi connectivity index (χ3v) is 2.95. The molecule has 4 nitrogen and oxygen atoms in total. The quantitative estimate of drug-likeness (QED) is 0.808. The van der Waals surface area contributed by atoms with Crippen LogP contribution in [0.25, 0.3) is 0 Å². The number of hydrogen-bond donors (Lipinski definition) is 1. The summed E-state index contributed by atoms with van der Waals surface area (Å²) in [6.07, 6.45) is 1.97. The Hall–Kier alpha value is -1.85. The summed E-state index contributed by atoms with van der Waals surface area (Å²) in [6, 6.07) is 5.66. The van der Waals surface area contributed by atoms with Crippen LogP contribution in [0.1, 0.15) is 12.8 Å². The summed E-state index contributed by atoms with van der Waals surface area (Å²) < 4.78 is 33.0. The van der Waals surface area contributed by atoms with Gasteiger partial charge in [-0.3, -0.25) is 0 Å². The first-order chi connectivity index (χ1) is 9.10. The fraction of sp³-hybridized carbons (Fsp3) is 0.462. The van der Waals surface area contributed by atoms with Gasteiger partial charge in [0.25, 0.3) is 0 Å². The molecule has 1 N–H and O–H groups in total. The molecule has 0 aliphatic heterocycles. The van der Waals surface area contributed by atoms with Gasteiger partial charge in [0.05, 0.1) is 7.11 Å². The zero-order chi connectivity index (χ0) is 13.8. The van der Waals surface area contributed by atoms with E-state index >= 15 is 0 Å². The number of esters is 1. The van der Waals surface area contributed by atoms with Crippen LogP contribution in [-0.2, 0) is 9.53 Å². The molecule has 0 spiro atoms. The smallest absolute Gasteiger partial charge is 0.387 e. The zero-order valence-corrected chi connectivity index (χ0v) is 10.4. The number of carbonyl (C=O) groups is 1. The molecule has 1 aliphatic carbocycles. The summed E-state index contributed by atoms with van der Waals surface area (Å²) in [5, 5.41) is 3.05. The number of hydrogen-bond acceptors (Lipinski definition) is 4. The summed E-state index contributed by atoms with van der Waals surface area (Å²) in [5.41, 5.74) is 0.670. The van der Waals surface area contributed by atoms with E-state index in [1.807, 2.05) is 0 Å². The van der Waals surface area contributed by atoms with Crippen molar-refractivity contribution in [3.8, 4) is 5.75 Å². The summed E-state index contributed by atoms with van der Waals surface area (Å²) in [4.78, 5) is 11.6. The maximum Gasteiger partial charge on any atom is 0.387 e. The van der Waals surface area contributed by atoms with Crippen LogP contribution < -0.4 is 10.1 Å². The van der Waals surface area contributed by atoms with Gasteiger partial charge in [-0.2, -0.15) is 8.78 Å². The predicted octanol–water partition coefficient (Wildman–Crippen LogP) is 2.65. The first kappa shape index (κ1) is 13.6. The Labute approximate surface area is 109 Å². The largest absolute Gasteiger partial charge is 0.467 e. The van der Waals surface area contributed by atoms with Crippen LogP contribution in [-0.4, -0.2) is 25.7 Å². The second kappa shape index (κ2) is 5.86. The molecule has 1 fully saturated rings. The molecule has 0 heterocycles. The number of carbonyl (C=O) groups excluding carboxylic acids is 1. The highest BCUT2D eigenvalue weighted by Gasteiger charge is 2.36. The number of ether oxygens (including phenoxy) is 2. The van der Waals surface area contributed by atoms with Gasteiger partial charge in [0.1, 0.15) is 11.8 Å². The second-order valence-electron chi connectivity index (χ2n) is 4.39. The number of halogens is 2. The van der Waals surface area contributed by atoms with Crippen molar-refractivity contribution in [1.29, 1.82) is 0 Å². The topological polar surface area (TPSA) is 47.6 Å². The minimum atomic E-state index is -2.84. The summed E-state index contributed by atoms with van der Waals surface area (Å²) in [5.74, 6) is 0.0569. The van der Waals surface area contributed by atoms with Gasteiger partial charge in [-0.25, -0.2) is 4.79 Å². The first-order valence-corrected chi connectivity index (χ1v) is 5.99. The molecule has 1 aromatic rings. The normalized spacial score (nSPS) is 16.0. The Kier molecular flexibility index (Phi) is 4.19. The van der Waals surface area contributed by atoms with E-state index in [1.54, 1.807) is 12.1 Å². The number of nitrogens with one attached hydrogen (secondary N) is 1. The van der Waals surface area contributed by atoms with Crippen molar-refractivity contribution in [2.75, 3.05) is 12.4 Å². The van der Waals surface area contributed by atoms with Gasteiger partial charge in [0.15, 0.2) is 0 Å². The Morgan fingerprint density at radius 2 is 1.95 bits per heavy atom. The SMILES string of the molecule is COC(=O)C(Nc1ccc(OC(F)F)cc1)C1CC1. The third-order valence-electron chi connectivity index (χ3n) is 2.95. The molecule has 19 heavy (non-hydrogen) atoms. The highest BCUT2D eigenvalue weighted by atomic mass is 19.3. The first-order valence-electron chi connectivity index (χ1n) is 5.99. The molecule has 6 heteroatoms. The highest BCUT2D eigenvalue weighted by molar-refractivity contribution is 5.80. The van der Waals surface area contributed by atoms with E-state index in [1.165, 1.54) is 19.2 Å². The van der Waals surface area contributed by atoms with E-state index < -0.39 is 6.61 Å². The Morgan fingerprint density at radius 3 is 2.42 bits per heavy atom. The van der Waals surface area contributed by atoms with E-state index in [0.717, 1.165) is 12.8 Å². The van der Waals surface area contributed by atoms with Crippen molar-refractivity contribution >= 4 is 11.7 Å². The number of anilines is 1. The number of alkyl halides is 2. The Bertz CT molecular complexity index is 432. The van der Waals surface area contributed by atoms with Crippen molar-refractivity contribution in [2.24, 2.45) is 5.92 Å². The Balaban J connectivity index is 1.99. The maximum absolute atomic E-state index is 12.0. The zero-order valence-electron chi connectivity index (χ0n) is 10.4. The second-order valence-corrected chi connectivity index (χ2v) is 4.39. The van der Waals surface area contributed by atoms with Crippen LogP contribution in [0.5, 0.6) is 5.75 Å². The van der Waals surface area contributed by atoms with Crippen molar-refractivity contribution in [1.82, 2.24) is 0 Å². The van der Waals surface area contributed by atoms with Crippen molar-refractivity contribution in [3.05, 3.63) is 24.3 Å². The van der Waals surface area contributed by atoms with Crippen LogP contribution in [0, 0.1) is 5.92 Å². The molecule has 104 valence electrons. The molecular formula is C13H15F2NO3. The van der Waals surface area contributed by atoms with Crippen LogP contribution >= 0.6 is 0 Å². The van der Waals surface area contributed by atoms with E-state index in [2.05, 4.69) is 10.1 Å². The lowest BCUT2D eigenvalue weighted by atomic mass is 10.1. The van der Waals surface area contributed by atoms with Gasteiger partial charge in [-0.15, -0.1) is 0 Å².